The van der Waals surface area contributed by atoms with Crippen molar-refractivity contribution in [3.8, 4) is 0 Å². The van der Waals surface area contributed by atoms with Crippen LogP contribution >= 0.6 is 34.8 Å². The maximum atomic E-state index is 12.8. The molecule has 31 heavy (non-hydrogen) atoms. The zero-order valence-corrected chi connectivity index (χ0v) is 17.9. The number of benzene rings is 2. The molecule has 8 nitrogen and oxygen atoms in total. The number of nitrogens with zero attached hydrogens (tertiary/aromatic N) is 1. The fourth-order valence-corrected chi connectivity index (χ4v) is 3.72. The van der Waals surface area contributed by atoms with Gasteiger partial charge in [0.25, 0.3) is 5.56 Å². The second-order valence-electron chi connectivity index (χ2n) is 6.73. The molecule has 158 valence electrons. The molecule has 2 aromatic carbocycles. The second-order valence-corrected chi connectivity index (χ2v) is 8.01. The van der Waals surface area contributed by atoms with E-state index in [1.807, 2.05) is 0 Å². The summed E-state index contributed by atoms with van der Waals surface area (Å²) < 4.78 is 0. The van der Waals surface area contributed by atoms with Crippen LogP contribution in [-0.4, -0.2) is 21.8 Å². The SMILES string of the molecule is O=C1C[C@@H](C(=O)Nc2ccc(Cl)cc2)c2c(nc(Nc3ccc(Cl)cc3Cl)[nH]c2=O)N1. The van der Waals surface area contributed by atoms with Gasteiger partial charge in [0.2, 0.25) is 17.8 Å². The molecular formula is C20H14Cl3N5O3. The number of hydrogen-bond acceptors (Lipinski definition) is 5. The Hall–Kier alpha value is -3.07. The summed E-state index contributed by atoms with van der Waals surface area (Å²) in [5.41, 5.74) is 0.447. The molecule has 4 rings (SSSR count). The standard InChI is InChI=1S/C20H14Cl3N5O3/c21-9-1-4-11(5-2-9)24-18(30)12-8-15(29)26-17-16(12)19(31)28-20(27-17)25-14-6-3-10(22)7-13(14)23/h1-7,12H,8H2,(H,24,30)(H3,25,26,27,28,29,31)/t12-/m1/s1. The van der Waals surface area contributed by atoms with Gasteiger partial charge in [-0.3, -0.25) is 19.4 Å². The fraction of sp³-hybridized carbons (Fsp3) is 0.100. The number of aromatic nitrogens is 2. The Kier molecular flexibility index (Phi) is 5.86. The highest BCUT2D eigenvalue weighted by Crippen LogP contribution is 2.31. The summed E-state index contributed by atoms with van der Waals surface area (Å²) in [7, 11) is 0. The highest BCUT2D eigenvalue weighted by atomic mass is 35.5. The highest BCUT2D eigenvalue weighted by molar-refractivity contribution is 6.36. The predicted octanol–water partition coefficient (Wildman–Crippen LogP) is 4.54. The summed E-state index contributed by atoms with van der Waals surface area (Å²) in [6.45, 7) is 0. The number of rotatable bonds is 4. The number of fused-ring (bicyclic) bond motifs is 1. The number of halogens is 3. The van der Waals surface area contributed by atoms with Crippen LogP contribution in [0, 0.1) is 0 Å². The van der Waals surface area contributed by atoms with Crippen LogP contribution in [0.5, 0.6) is 0 Å². The van der Waals surface area contributed by atoms with Crippen molar-refractivity contribution in [1.82, 2.24) is 9.97 Å². The maximum absolute atomic E-state index is 12.8. The van der Waals surface area contributed by atoms with Gasteiger partial charge < -0.3 is 16.0 Å². The van der Waals surface area contributed by atoms with E-state index in [0.29, 0.717) is 26.4 Å². The summed E-state index contributed by atoms with van der Waals surface area (Å²) in [5.74, 6) is -1.90. The molecule has 0 unspecified atom stereocenters. The van der Waals surface area contributed by atoms with Gasteiger partial charge in [-0.15, -0.1) is 0 Å². The summed E-state index contributed by atoms with van der Waals surface area (Å²) >= 11 is 17.9. The first-order valence-electron chi connectivity index (χ1n) is 9.03. The smallest absolute Gasteiger partial charge is 0.258 e. The van der Waals surface area contributed by atoms with E-state index in [0.717, 1.165) is 0 Å². The van der Waals surface area contributed by atoms with Gasteiger partial charge in [0, 0.05) is 22.2 Å². The van der Waals surface area contributed by atoms with Crippen LogP contribution in [0.25, 0.3) is 0 Å². The third-order valence-electron chi connectivity index (χ3n) is 4.56. The van der Waals surface area contributed by atoms with Crippen LogP contribution in [-0.2, 0) is 9.59 Å². The number of hydrogen-bond donors (Lipinski definition) is 4. The number of anilines is 4. The van der Waals surface area contributed by atoms with Gasteiger partial charge in [-0.05, 0) is 42.5 Å². The summed E-state index contributed by atoms with van der Waals surface area (Å²) in [5, 5.41) is 9.39. The average molecular weight is 479 g/mol. The number of carbonyl (C=O) groups is 2. The van der Waals surface area contributed by atoms with Gasteiger partial charge in [-0.2, -0.15) is 4.98 Å². The van der Waals surface area contributed by atoms with Gasteiger partial charge in [-0.1, -0.05) is 34.8 Å². The third kappa shape index (κ3) is 4.66. The number of aromatic amines is 1. The van der Waals surface area contributed by atoms with Crippen molar-refractivity contribution >= 4 is 69.8 Å². The van der Waals surface area contributed by atoms with Crippen molar-refractivity contribution in [2.45, 2.75) is 12.3 Å². The Morgan fingerprint density at radius 2 is 1.74 bits per heavy atom. The van der Waals surface area contributed by atoms with E-state index in [9.17, 15) is 14.4 Å². The zero-order valence-electron chi connectivity index (χ0n) is 15.6. The van der Waals surface area contributed by atoms with E-state index in [1.165, 1.54) is 6.07 Å². The second kappa shape index (κ2) is 8.58. The molecule has 0 spiro atoms. The van der Waals surface area contributed by atoms with Gasteiger partial charge in [0.1, 0.15) is 5.82 Å². The van der Waals surface area contributed by atoms with Gasteiger partial charge in [0.05, 0.1) is 22.2 Å². The van der Waals surface area contributed by atoms with Crippen molar-refractivity contribution in [3.05, 3.63) is 73.4 Å². The Bertz CT molecular complexity index is 1240. The maximum Gasteiger partial charge on any atom is 0.258 e. The van der Waals surface area contributed by atoms with E-state index in [4.69, 9.17) is 34.8 Å². The van der Waals surface area contributed by atoms with Crippen LogP contribution in [0.15, 0.2) is 47.3 Å². The van der Waals surface area contributed by atoms with Crippen molar-refractivity contribution in [2.24, 2.45) is 0 Å². The molecule has 0 fully saturated rings. The lowest BCUT2D eigenvalue weighted by Gasteiger charge is -2.23. The minimum Gasteiger partial charge on any atom is -0.326 e. The van der Waals surface area contributed by atoms with Crippen molar-refractivity contribution in [2.75, 3.05) is 16.0 Å². The van der Waals surface area contributed by atoms with Crippen molar-refractivity contribution in [3.63, 3.8) is 0 Å². The summed E-state index contributed by atoms with van der Waals surface area (Å²) in [6.07, 6.45) is -0.188. The lowest BCUT2D eigenvalue weighted by atomic mass is 9.92. The molecule has 11 heteroatoms. The zero-order chi connectivity index (χ0) is 22.1. The normalized spacial score (nSPS) is 15.1. The lowest BCUT2D eigenvalue weighted by Crippen LogP contribution is -2.36. The lowest BCUT2D eigenvalue weighted by molar-refractivity contribution is -0.123. The molecule has 0 aliphatic carbocycles. The van der Waals surface area contributed by atoms with Gasteiger partial charge in [-0.25, -0.2) is 0 Å². The van der Waals surface area contributed by atoms with E-state index < -0.39 is 23.3 Å². The van der Waals surface area contributed by atoms with Crippen LogP contribution < -0.4 is 21.5 Å². The molecule has 0 bridgehead atoms. The molecule has 0 saturated carbocycles. The first kappa shape index (κ1) is 21.2. The summed E-state index contributed by atoms with van der Waals surface area (Å²) in [6, 6.07) is 11.2. The summed E-state index contributed by atoms with van der Waals surface area (Å²) in [4.78, 5) is 44.6. The van der Waals surface area contributed by atoms with Crippen LogP contribution in [0.1, 0.15) is 17.9 Å². The predicted molar refractivity (Wildman–Crippen MR) is 121 cm³/mol. The molecule has 3 aromatic rings. The monoisotopic (exact) mass is 477 g/mol. The quantitative estimate of drug-likeness (QED) is 0.439. The van der Waals surface area contributed by atoms with E-state index in [2.05, 4.69) is 25.9 Å². The molecular weight excluding hydrogens is 465 g/mol. The molecule has 2 heterocycles. The Morgan fingerprint density at radius 1 is 1.03 bits per heavy atom. The van der Waals surface area contributed by atoms with Crippen LogP contribution in [0.2, 0.25) is 15.1 Å². The topological polar surface area (TPSA) is 116 Å². The minimum atomic E-state index is -1.01. The molecule has 0 saturated heterocycles. The van der Waals surface area contributed by atoms with E-state index in [-0.39, 0.29) is 23.8 Å². The molecule has 4 N–H and O–H groups in total. The molecule has 2 amide bonds. The average Bonchev–Trinajstić information content (AvgIpc) is 2.71. The van der Waals surface area contributed by atoms with Crippen molar-refractivity contribution in [1.29, 1.82) is 0 Å². The molecule has 0 radical (unpaired) electrons. The fourth-order valence-electron chi connectivity index (χ4n) is 3.14. The van der Waals surface area contributed by atoms with E-state index >= 15 is 0 Å². The number of H-pyrrole nitrogens is 1. The van der Waals surface area contributed by atoms with Gasteiger partial charge >= 0.3 is 0 Å². The molecule has 1 atom stereocenters. The third-order valence-corrected chi connectivity index (χ3v) is 5.36. The van der Waals surface area contributed by atoms with Crippen molar-refractivity contribution < 1.29 is 9.59 Å². The van der Waals surface area contributed by atoms with E-state index in [1.54, 1.807) is 36.4 Å². The number of nitrogens with one attached hydrogen (secondary N) is 4. The van der Waals surface area contributed by atoms with Gasteiger partial charge in [0.15, 0.2) is 0 Å². The highest BCUT2D eigenvalue weighted by Gasteiger charge is 2.34. The van der Waals surface area contributed by atoms with Crippen LogP contribution in [0.3, 0.4) is 0 Å². The number of amides is 2. The minimum absolute atomic E-state index is 0.00356. The molecule has 1 aromatic heterocycles. The Morgan fingerprint density at radius 3 is 2.45 bits per heavy atom. The molecule has 1 aliphatic rings. The largest absolute Gasteiger partial charge is 0.326 e. The Balaban J connectivity index is 1.64. The van der Waals surface area contributed by atoms with Crippen LogP contribution in [0.4, 0.5) is 23.1 Å². The Labute approximate surface area is 190 Å². The molecule has 1 aliphatic heterocycles. The first-order valence-corrected chi connectivity index (χ1v) is 10.2. The number of carbonyl (C=O) groups excluding carboxylic acids is 2. The first-order chi connectivity index (χ1) is 14.8.